The highest BCUT2D eigenvalue weighted by molar-refractivity contribution is 6.30. The molecule has 0 amide bonds. The minimum absolute atomic E-state index is 0.592. The van der Waals surface area contributed by atoms with Gasteiger partial charge in [-0.3, -0.25) is 20.4 Å². The summed E-state index contributed by atoms with van der Waals surface area (Å²) in [6.45, 7) is 6.33. The predicted molar refractivity (Wildman–Crippen MR) is 114 cm³/mol. The van der Waals surface area contributed by atoms with Crippen LogP contribution in [0.25, 0.3) is 0 Å². The number of hydrogen-bond donors (Lipinski definition) is 2. The van der Waals surface area contributed by atoms with Crippen molar-refractivity contribution in [3.63, 3.8) is 0 Å². The molecule has 2 unspecified atom stereocenters. The number of halogens is 1. The molecule has 2 saturated heterocycles. The molecule has 4 rings (SSSR count). The summed E-state index contributed by atoms with van der Waals surface area (Å²) >= 11 is 6.43. The van der Waals surface area contributed by atoms with Crippen LogP contribution in [0, 0.1) is 18.8 Å². The van der Waals surface area contributed by atoms with Crippen LogP contribution in [0.4, 0.5) is 0 Å². The maximum atomic E-state index is 6.43. The zero-order valence-electron chi connectivity index (χ0n) is 17.0. The van der Waals surface area contributed by atoms with E-state index in [1.807, 2.05) is 7.05 Å². The van der Waals surface area contributed by atoms with Gasteiger partial charge in [0.15, 0.2) is 0 Å². The molecule has 152 valence electrons. The number of piperidine rings is 1. The maximum absolute atomic E-state index is 6.43. The summed E-state index contributed by atoms with van der Waals surface area (Å²) in [5.41, 5.74) is 10.7. The highest BCUT2D eigenvalue weighted by atomic mass is 35.5. The number of likely N-dealkylation sites (tertiary alicyclic amines) is 1. The van der Waals surface area contributed by atoms with Crippen molar-refractivity contribution in [3.8, 4) is 0 Å². The van der Waals surface area contributed by atoms with E-state index in [0.717, 1.165) is 42.9 Å². The maximum Gasteiger partial charge on any atom is 0.131 e. The van der Waals surface area contributed by atoms with Crippen molar-refractivity contribution in [1.29, 1.82) is 0 Å². The summed E-state index contributed by atoms with van der Waals surface area (Å²) in [5, 5.41) is 5.23. The Morgan fingerprint density at radius 2 is 1.93 bits per heavy atom. The van der Waals surface area contributed by atoms with Crippen molar-refractivity contribution in [2.75, 3.05) is 19.6 Å². The van der Waals surface area contributed by atoms with Gasteiger partial charge in [0.25, 0.3) is 0 Å². The van der Waals surface area contributed by atoms with Crippen LogP contribution in [0.5, 0.6) is 0 Å². The van der Waals surface area contributed by atoms with Gasteiger partial charge in [0, 0.05) is 31.7 Å². The zero-order valence-corrected chi connectivity index (χ0v) is 17.8. The van der Waals surface area contributed by atoms with E-state index in [2.05, 4.69) is 58.1 Å². The van der Waals surface area contributed by atoms with Gasteiger partial charge in [-0.05, 0) is 63.1 Å². The first kappa shape index (κ1) is 19.9. The molecule has 0 bridgehead atoms. The van der Waals surface area contributed by atoms with Crippen LogP contribution in [0.3, 0.4) is 0 Å². The number of aromatic nitrogens is 2. The quantitative estimate of drug-likeness (QED) is 0.779. The SMILES string of the molecule is Cc1nn(C)c(Cl)c1CN1CCC(C2NNCC2CCc2ccccc2)CC1. The highest BCUT2D eigenvalue weighted by Gasteiger charge is 2.35. The van der Waals surface area contributed by atoms with Crippen molar-refractivity contribution < 1.29 is 0 Å². The van der Waals surface area contributed by atoms with Crippen LogP contribution >= 0.6 is 11.6 Å². The van der Waals surface area contributed by atoms with E-state index in [-0.39, 0.29) is 0 Å². The fourth-order valence-electron chi connectivity index (χ4n) is 4.88. The van der Waals surface area contributed by atoms with E-state index in [1.165, 1.54) is 36.8 Å². The van der Waals surface area contributed by atoms with Gasteiger partial charge in [-0.15, -0.1) is 0 Å². The largest absolute Gasteiger partial charge is 0.299 e. The molecule has 28 heavy (non-hydrogen) atoms. The van der Waals surface area contributed by atoms with Crippen molar-refractivity contribution in [2.24, 2.45) is 18.9 Å². The summed E-state index contributed by atoms with van der Waals surface area (Å²) in [7, 11) is 1.92. The predicted octanol–water partition coefficient (Wildman–Crippen LogP) is 3.32. The number of nitrogens with one attached hydrogen (secondary N) is 2. The molecule has 2 N–H and O–H groups in total. The molecule has 2 atom stereocenters. The Hall–Kier alpha value is -1.40. The lowest BCUT2D eigenvalue weighted by atomic mass is 9.81. The normalized spacial score (nSPS) is 24.1. The van der Waals surface area contributed by atoms with Gasteiger partial charge >= 0.3 is 0 Å². The first-order chi connectivity index (χ1) is 13.6. The molecule has 0 aliphatic carbocycles. The van der Waals surface area contributed by atoms with E-state index in [9.17, 15) is 0 Å². The number of nitrogens with zero attached hydrogens (tertiary/aromatic N) is 3. The first-order valence-corrected chi connectivity index (χ1v) is 10.9. The number of hydrogen-bond acceptors (Lipinski definition) is 4. The average Bonchev–Trinajstić information content (AvgIpc) is 3.28. The van der Waals surface area contributed by atoms with E-state index < -0.39 is 0 Å². The van der Waals surface area contributed by atoms with E-state index in [4.69, 9.17) is 11.6 Å². The minimum Gasteiger partial charge on any atom is -0.299 e. The molecule has 6 heteroatoms. The Morgan fingerprint density at radius 3 is 2.61 bits per heavy atom. The van der Waals surface area contributed by atoms with Crippen LogP contribution in [0.2, 0.25) is 5.15 Å². The van der Waals surface area contributed by atoms with Crippen LogP contribution < -0.4 is 10.9 Å². The summed E-state index contributed by atoms with van der Waals surface area (Å²) in [6, 6.07) is 11.5. The summed E-state index contributed by atoms with van der Waals surface area (Å²) in [5.74, 6) is 1.46. The van der Waals surface area contributed by atoms with Crippen LogP contribution in [-0.2, 0) is 20.0 Å². The second kappa shape index (κ2) is 8.95. The number of aryl methyl sites for hydroxylation is 3. The molecule has 2 aromatic rings. The van der Waals surface area contributed by atoms with Crippen LogP contribution in [0.15, 0.2) is 30.3 Å². The Balaban J connectivity index is 1.29. The standard InChI is InChI=1S/C22H32ClN5/c1-16-20(22(23)27(2)26-16)15-28-12-10-18(11-13-28)21-19(14-24-25-21)9-8-17-6-4-3-5-7-17/h3-7,18-19,21,24-25H,8-15H2,1-2H3. The second-order valence-corrected chi connectivity index (χ2v) is 8.79. The molecule has 2 fully saturated rings. The minimum atomic E-state index is 0.592. The van der Waals surface area contributed by atoms with E-state index in [1.54, 1.807) is 4.68 Å². The molecule has 2 aliphatic rings. The van der Waals surface area contributed by atoms with Gasteiger partial charge in [-0.2, -0.15) is 5.10 Å². The lowest BCUT2D eigenvalue weighted by Gasteiger charge is -2.36. The van der Waals surface area contributed by atoms with Gasteiger partial charge < -0.3 is 0 Å². The summed E-state index contributed by atoms with van der Waals surface area (Å²) < 4.78 is 1.78. The van der Waals surface area contributed by atoms with E-state index in [0.29, 0.717) is 12.0 Å². The van der Waals surface area contributed by atoms with Crippen LogP contribution in [-0.4, -0.2) is 40.4 Å². The summed E-state index contributed by atoms with van der Waals surface area (Å²) in [4.78, 5) is 2.54. The Bertz CT molecular complexity index is 767. The Morgan fingerprint density at radius 1 is 1.18 bits per heavy atom. The molecular weight excluding hydrogens is 370 g/mol. The fourth-order valence-corrected chi connectivity index (χ4v) is 5.12. The Kier molecular flexibility index (Phi) is 6.36. The molecule has 1 aromatic heterocycles. The highest BCUT2D eigenvalue weighted by Crippen LogP contribution is 2.30. The number of benzene rings is 1. The zero-order chi connectivity index (χ0) is 19.5. The topological polar surface area (TPSA) is 45.1 Å². The van der Waals surface area contributed by atoms with Gasteiger partial charge in [0.1, 0.15) is 5.15 Å². The van der Waals surface area contributed by atoms with Crippen molar-refractivity contribution in [3.05, 3.63) is 52.3 Å². The lowest BCUT2D eigenvalue weighted by Crippen LogP contribution is -2.44. The second-order valence-electron chi connectivity index (χ2n) is 8.43. The average molecular weight is 402 g/mol. The molecule has 5 nitrogen and oxygen atoms in total. The molecule has 3 heterocycles. The molecule has 0 saturated carbocycles. The first-order valence-electron chi connectivity index (χ1n) is 10.5. The van der Waals surface area contributed by atoms with Gasteiger partial charge in [-0.25, -0.2) is 0 Å². The fraction of sp³-hybridized carbons (Fsp3) is 0.591. The van der Waals surface area contributed by atoms with Gasteiger partial charge in [-0.1, -0.05) is 41.9 Å². The molecule has 2 aliphatic heterocycles. The number of hydrazine groups is 1. The molecule has 1 aromatic carbocycles. The smallest absolute Gasteiger partial charge is 0.131 e. The molecule has 0 spiro atoms. The van der Waals surface area contributed by atoms with Crippen molar-refractivity contribution >= 4 is 11.6 Å². The third-order valence-corrected chi connectivity index (χ3v) is 7.05. The van der Waals surface area contributed by atoms with Crippen LogP contribution in [0.1, 0.15) is 36.1 Å². The van der Waals surface area contributed by atoms with Crippen molar-refractivity contribution in [2.45, 2.75) is 45.2 Å². The van der Waals surface area contributed by atoms with Gasteiger partial charge in [0.05, 0.1) is 5.69 Å². The number of rotatable bonds is 6. The third kappa shape index (κ3) is 4.43. The molecule has 0 radical (unpaired) electrons. The molecular formula is C22H32ClN5. The third-order valence-electron chi connectivity index (χ3n) is 6.58. The lowest BCUT2D eigenvalue weighted by molar-refractivity contribution is 0.142. The van der Waals surface area contributed by atoms with E-state index >= 15 is 0 Å². The van der Waals surface area contributed by atoms with Crippen molar-refractivity contribution in [1.82, 2.24) is 25.5 Å². The summed E-state index contributed by atoms with van der Waals surface area (Å²) in [6.07, 6.45) is 4.92. The Labute approximate surface area is 173 Å². The van der Waals surface area contributed by atoms with Gasteiger partial charge in [0.2, 0.25) is 0 Å². The monoisotopic (exact) mass is 401 g/mol.